The van der Waals surface area contributed by atoms with Crippen molar-refractivity contribution in [2.24, 2.45) is 0 Å². The lowest BCUT2D eigenvalue weighted by Crippen LogP contribution is -2.13. The first-order valence-electron chi connectivity index (χ1n) is 14.5. The van der Waals surface area contributed by atoms with Gasteiger partial charge in [0.2, 0.25) is 0 Å². The van der Waals surface area contributed by atoms with Gasteiger partial charge in [-0.15, -0.1) is 0 Å². The SMILES string of the molecule is Cc1ccc(N(c2ccc(C)cc2C)c2ccc3c4ccc(C=C(C#N)C#N)c5cccc(c6cccc2c63)c54)c(C)c1. The van der Waals surface area contributed by atoms with Crippen LogP contribution in [0.2, 0.25) is 0 Å². The quantitative estimate of drug-likeness (QED) is 0.124. The van der Waals surface area contributed by atoms with Crippen molar-refractivity contribution in [3.8, 4) is 12.1 Å². The molecule has 0 heterocycles. The van der Waals surface area contributed by atoms with Gasteiger partial charge in [0.1, 0.15) is 17.7 Å². The molecule has 0 saturated heterocycles. The Morgan fingerprint density at radius 3 is 1.56 bits per heavy atom. The van der Waals surface area contributed by atoms with Crippen LogP contribution in [0.1, 0.15) is 27.8 Å². The van der Waals surface area contributed by atoms with Crippen LogP contribution in [-0.4, -0.2) is 0 Å². The Hall–Kier alpha value is -5.64. The van der Waals surface area contributed by atoms with Crippen LogP contribution in [-0.2, 0) is 0 Å². The molecule has 0 saturated carbocycles. The van der Waals surface area contributed by atoms with E-state index in [1.54, 1.807) is 6.08 Å². The van der Waals surface area contributed by atoms with E-state index in [4.69, 9.17) is 0 Å². The summed E-state index contributed by atoms with van der Waals surface area (Å²) >= 11 is 0. The van der Waals surface area contributed by atoms with Gasteiger partial charge < -0.3 is 4.90 Å². The highest BCUT2D eigenvalue weighted by molar-refractivity contribution is 6.34. The van der Waals surface area contributed by atoms with Crippen molar-refractivity contribution in [2.45, 2.75) is 27.7 Å². The van der Waals surface area contributed by atoms with Crippen LogP contribution < -0.4 is 4.90 Å². The monoisotopic (exact) mass is 551 g/mol. The van der Waals surface area contributed by atoms with Gasteiger partial charge in [0.05, 0.1) is 5.69 Å². The summed E-state index contributed by atoms with van der Waals surface area (Å²) in [4.78, 5) is 2.42. The lowest BCUT2D eigenvalue weighted by atomic mass is 9.87. The first kappa shape index (κ1) is 26.3. The number of nitriles is 2. The molecule has 204 valence electrons. The smallest absolute Gasteiger partial charge is 0.130 e. The number of nitrogens with zero attached hydrogens (tertiary/aromatic N) is 3. The summed E-state index contributed by atoms with van der Waals surface area (Å²) in [6, 6.07) is 39.0. The minimum absolute atomic E-state index is 0.0987. The topological polar surface area (TPSA) is 50.8 Å². The van der Waals surface area contributed by atoms with Crippen molar-refractivity contribution in [1.29, 1.82) is 10.5 Å². The second-order valence-corrected chi connectivity index (χ2v) is 11.5. The number of allylic oxidation sites excluding steroid dienone is 1. The van der Waals surface area contributed by atoms with Crippen molar-refractivity contribution in [1.82, 2.24) is 0 Å². The molecule has 0 fully saturated rings. The van der Waals surface area contributed by atoms with Gasteiger partial charge in [-0.25, -0.2) is 0 Å². The van der Waals surface area contributed by atoms with Crippen LogP contribution in [0.3, 0.4) is 0 Å². The van der Waals surface area contributed by atoms with E-state index in [2.05, 4.69) is 124 Å². The third kappa shape index (κ3) is 4.10. The highest BCUT2D eigenvalue weighted by atomic mass is 15.1. The fourth-order valence-electron chi connectivity index (χ4n) is 6.79. The first-order valence-corrected chi connectivity index (χ1v) is 14.5. The summed E-state index contributed by atoms with van der Waals surface area (Å²) in [6.07, 6.45) is 1.69. The van der Waals surface area contributed by atoms with Crippen LogP contribution in [0.5, 0.6) is 0 Å². The molecule has 0 aliphatic heterocycles. The zero-order chi connectivity index (χ0) is 29.8. The van der Waals surface area contributed by atoms with Crippen LogP contribution in [0.15, 0.2) is 103 Å². The molecule has 0 aromatic heterocycles. The molecule has 7 aromatic rings. The van der Waals surface area contributed by atoms with Crippen molar-refractivity contribution in [2.75, 3.05) is 4.90 Å². The van der Waals surface area contributed by atoms with E-state index in [1.807, 2.05) is 18.2 Å². The molecular weight excluding hydrogens is 522 g/mol. The molecule has 0 aliphatic carbocycles. The summed E-state index contributed by atoms with van der Waals surface area (Å²) < 4.78 is 0. The third-order valence-electron chi connectivity index (χ3n) is 8.64. The van der Waals surface area contributed by atoms with Crippen LogP contribution in [0, 0.1) is 50.4 Å². The molecular formula is C40H29N3. The average Bonchev–Trinajstić information content (AvgIpc) is 3.01. The van der Waals surface area contributed by atoms with E-state index >= 15 is 0 Å². The summed E-state index contributed by atoms with van der Waals surface area (Å²) in [5.41, 5.74) is 9.39. The summed E-state index contributed by atoms with van der Waals surface area (Å²) in [5.74, 6) is 0. The molecule has 43 heavy (non-hydrogen) atoms. The number of anilines is 3. The lowest BCUT2D eigenvalue weighted by molar-refractivity contribution is 1.22. The third-order valence-corrected chi connectivity index (χ3v) is 8.64. The van der Waals surface area contributed by atoms with E-state index in [0.717, 1.165) is 32.8 Å². The van der Waals surface area contributed by atoms with E-state index in [0.29, 0.717) is 0 Å². The predicted molar refractivity (Wildman–Crippen MR) is 180 cm³/mol. The Labute approximate surface area is 251 Å². The molecule has 0 atom stereocenters. The molecule has 0 N–H and O–H groups in total. The van der Waals surface area contributed by atoms with Crippen LogP contribution >= 0.6 is 0 Å². The van der Waals surface area contributed by atoms with Gasteiger partial charge in [-0.2, -0.15) is 10.5 Å². The second-order valence-electron chi connectivity index (χ2n) is 11.5. The van der Waals surface area contributed by atoms with Gasteiger partial charge in [-0.1, -0.05) is 90.0 Å². The molecule has 0 spiro atoms. The summed E-state index contributed by atoms with van der Waals surface area (Å²) in [7, 11) is 0. The molecule has 3 heteroatoms. The van der Waals surface area contributed by atoms with Gasteiger partial charge in [-0.05, 0) is 106 Å². The number of benzene rings is 7. The number of fused-ring (bicyclic) bond motifs is 2. The Morgan fingerprint density at radius 2 is 1.00 bits per heavy atom. The van der Waals surface area contributed by atoms with E-state index in [9.17, 15) is 10.5 Å². The highest BCUT2D eigenvalue weighted by Crippen LogP contribution is 2.47. The van der Waals surface area contributed by atoms with Gasteiger partial charge in [0.15, 0.2) is 0 Å². The molecule has 0 unspecified atom stereocenters. The Kier molecular flexibility index (Phi) is 6.12. The molecule has 3 nitrogen and oxygen atoms in total. The fraction of sp³-hybridized carbons (Fsp3) is 0.100. The Morgan fingerprint density at radius 1 is 0.535 bits per heavy atom. The van der Waals surface area contributed by atoms with Crippen molar-refractivity contribution in [3.63, 3.8) is 0 Å². The van der Waals surface area contributed by atoms with Gasteiger partial charge >= 0.3 is 0 Å². The minimum Gasteiger partial charge on any atom is -0.309 e. The average molecular weight is 552 g/mol. The molecule has 0 aliphatic rings. The van der Waals surface area contributed by atoms with E-state index < -0.39 is 0 Å². The van der Waals surface area contributed by atoms with Gasteiger partial charge in [-0.3, -0.25) is 0 Å². The lowest BCUT2D eigenvalue weighted by Gasteiger charge is -2.30. The van der Waals surface area contributed by atoms with Crippen molar-refractivity contribution < 1.29 is 0 Å². The maximum atomic E-state index is 9.41. The number of hydrogen-bond donors (Lipinski definition) is 0. The Balaban J connectivity index is 1.59. The molecule has 0 bridgehead atoms. The molecule has 7 aromatic carbocycles. The maximum absolute atomic E-state index is 9.41. The number of aryl methyl sites for hydroxylation is 4. The van der Waals surface area contributed by atoms with Crippen molar-refractivity contribution in [3.05, 3.63) is 130 Å². The van der Waals surface area contributed by atoms with Crippen LogP contribution in [0.25, 0.3) is 49.2 Å². The van der Waals surface area contributed by atoms with Gasteiger partial charge in [0, 0.05) is 16.8 Å². The minimum atomic E-state index is 0.0987. The first-order chi connectivity index (χ1) is 20.9. The maximum Gasteiger partial charge on any atom is 0.130 e. The molecule has 0 amide bonds. The zero-order valence-electron chi connectivity index (χ0n) is 24.7. The molecule has 0 radical (unpaired) electrons. The summed E-state index contributed by atoms with van der Waals surface area (Å²) in [5, 5.41) is 28.1. The van der Waals surface area contributed by atoms with Gasteiger partial charge in [0.25, 0.3) is 0 Å². The Bertz CT molecular complexity index is 2270. The second kappa shape index (κ2) is 10.0. The standard InChI is InChI=1S/C40H29N3/c1-24-11-16-36(26(3)19-24)43(37-17-12-25(2)20-27(37)4)38-18-15-34-33-14-13-29(21-28(22-41)23-42)30-7-5-8-31(39(30)33)32-9-6-10-35(38)40(32)34/h5-21H,1-4H3. The van der Waals surface area contributed by atoms with E-state index in [-0.39, 0.29) is 5.57 Å². The fourth-order valence-corrected chi connectivity index (χ4v) is 6.79. The molecule has 7 rings (SSSR count). The largest absolute Gasteiger partial charge is 0.309 e. The normalized spacial score (nSPS) is 11.2. The predicted octanol–water partition coefficient (Wildman–Crippen LogP) is 10.9. The highest BCUT2D eigenvalue weighted by Gasteiger charge is 2.22. The zero-order valence-corrected chi connectivity index (χ0v) is 24.7. The number of hydrogen-bond acceptors (Lipinski definition) is 3. The number of rotatable bonds is 4. The van der Waals surface area contributed by atoms with E-state index in [1.165, 1.54) is 55.2 Å². The summed E-state index contributed by atoms with van der Waals surface area (Å²) in [6.45, 7) is 8.66. The van der Waals surface area contributed by atoms with Crippen molar-refractivity contribution >= 4 is 66.2 Å². The van der Waals surface area contributed by atoms with Crippen LogP contribution in [0.4, 0.5) is 17.1 Å².